The predicted octanol–water partition coefficient (Wildman–Crippen LogP) is 3.39. The van der Waals surface area contributed by atoms with Gasteiger partial charge >= 0.3 is 0 Å². The summed E-state index contributed by atoms with van der Waals surface area (Å²) in [6.45, 7) is 1.80. The van der Waals surface area contributed by atoms with Crippen LogP contribution in [0.25, 0.3) is 6.08 Å². The molecule has 26 heavy (non-hydrogen) atoms. The molecule has 2 N–H and O–H groups in total. The summed E-state index contributed by atoms with van der Waals surface area (Å²) in [5.74, 6) is -0.828. The normalized spacial score (nSPS) is 10.6. The van der Waals surface area contributed by atoms with Crippen molar-refractivity contribution in [3.05, 3.63) is 70.0 Å². The Labute approximate surface area is 159 Å². The van der Waals surface area contributed by atoms with Crippen molar-refractivity contribution >= 4 is 33.8 Å². The van der Waals surface area contributed by atoms with Crippen molar-refractivity contribution in [2.75, 3.05) is 6.61 Å². The van der Waals surface area contributed by atoms with Gasteiger partial charge in [-0.25, -0.2) is 4.39 Å². The summed E-state index contributed by atoms with van der Waals surface area (Å²) in [6.07, 6.45) is 3.63. The number of aryl methyl sites for hydroxylation is 1. The maximum absolute atomic E-state index is 12.8. The largest absolute Gasteiger partial charge is 0.483 e. The van der Waals surface area contributed by atoms with Crippen LogP contribution in [-0.2, 0) is 16.0 Å². The van der Waals surface area contributed by atoms with Crippen molar-refractivity contribution in [2.45, 2.75) is 13.3 Å². The van der Waals surface area contributed by atoms with Gasteiger partial charge in [0.15, 0.2) is 6.61 Å². The lowest BCUT2D eigenvalue weighted by Crippen LogP contribution is -2.43. The van der Waals surface area contributed by atoms with Gasteiger partial charge in [0.1, 0.15) is 11.6 Å². The van der Waals surface area contributed by atoms with E-state index in [-0.39, 0.29) is 12.4 Å². The van der Waals surface area contributed by atoms with Crippen molar-refractivity contribution in [3.8, 4) is 5.75 Å². The van der Waals surface area contributed by atoms with E-state index in [0.717, 1.165) is 16.5 Å². The number of rotatable bonds is 6. The second-order valence-corrected chi connectivity index (χ2v) is 6.18. The highest BCUT2D eigenvalue weighted by atomic mass is 79.9. The Morgan fingerprint density at radius 3 is 2.54 bits per heavy atom. The van der Waals surface area contributed by atoms with Crippen molar-refractivity contribution in [1.29, 1.82) is 0 Å². The molecule has 2 aromatic rings. The first-order valence-electron chi connectivity index (χ1n) is 7.91. The Balaban J connectivity index is 1.76. The molecule has 2 rings (SSSR count). The molecule has 0 spiro atoms. The zero-order chi connectivity index (χ0) is 18.9. The molecule has 0 fully saturated rings. The van der Waals surface area contributed by atoms with Crippen molar-refractivity contribution < 1.29 is 18.7 Å². The summed E-state index contributed by atoms with van der Waals surface area (Å²) in [5.41, 5.74) is 6.30. The fourth-order valence-corrected chi connectivity index (χ4v) is 2.52. The van der Waals surface area contributed by atoms with E-state index in [4.69, 9.17) is 4.74 Å². The summed E-state index contributed by atoms with van der Waals surface area (Å²) in [6, 6.07) is 11.3. The summed E-state index contributed by atoms with van der Waals surface area (Å²) < 4.78 is 19.0. The fourth-order valence-electron chi connectivity index (χ4n) is 1.98. The molecule has 0 saturated heterocycles. The number of hydrogen-bond donors (Lipinski definition) is 2. The van der Waals surface area contributed by atoms with Gasteiger partial charge < -0.3 is 4.74 Å². The van der Waals surface area contributed by atoms with E-state index >= 15 is 0 Å². The minimum absolute atomic E-state index is 0.244. The van der Waals surface area contributed by atoms with E-state index in [2.05, 4.69) is 26.8 Å². The van der Waals surface area contributed by atoms with Gasteiger partial charge in [-0.05, 0) is 63.8 Å². The number of carbonyl (C=O) groups excluding carboxylic acids is 2. The van der Waals surface area contributed by atoms with Gasteiger partial charge in [0.2, 0.25) is 0 Å². The molecule has 0 atom stereocenters. The Morgan fingerprint density at radius 2 is 1.88 bits per heavy atom. The third kappa shape index (κ3) is 6.33. The highest BCUT2D eigenvalue weighted by molar-refractivity contribution is 9.10. The SMILES string of the molecule is CCc1ccc(OCC(=O)NNC(=O)C=Cc2ccc(F)cc2)c(Br)c1. The highest BCUT2D eigenvalue weighted by Gasteiger charge is 2.07. The third-order valence-electron chi connectivity index (χ3n) is 3.39. The van der Waals surface area contributed by atoms with Gasteiger partial charge in [0, 0.05) is 6.08 Å². The molecule has 0 aliphatic carbocycles. The Kier molecular flexibility index (Phi) is 7.35. The Bertz CT molecular complexity index is 807. The number of halogens is 2. The van der Waals surface area contributed by atoms with Crippen molar-refractivity contribution in [1.82, 2.24) is 10.9 Å². The molecule has 2 amide bonds. The maximum Gasteiger partial charge on any atom is 0.276 e. The summed E-state index contributed by atoms with van der Waals surface area (Å²) in [7, 11) is 0. The molecule has 0 unspecified atom stereocenters. The number of carbonyl (C=O) groups is 2. The van der Waals surface area contributed by atoms with Crippen LogP contribution in [0.1, 0.15) is 18.1 Å². The van der Waals surface area contributed by atoms with Crippen LogP contribution in [0.4, 0.5) is 4.39 Å². The molecule has 2 aromatic carbocycles. The quantitative estimate of drug-likeness (QED) is 0.555. The van der Waals surface area contributed by atoms with E-state index in [0.29, 0.717) is 11.3 Å². The molecule has 0 saturated carbocycles. The molecule has 0 heterocycles. The monoisotopic (exact) mass is 420 g/mol. The first-order valence-corrected chi connectivity index (χ1v) is 8.71. The number of benzene rings is 2. The molecule has 0 aliphatic heterocycles. The summed E-state index contributed by atoms with van der Waals surface area (Å²) in [4.78, 5) is 23.4. The number of nitrogens with one attached hydrogen (secondary N) is 2. The first kappa shape index (κ1) is 19.7. The van der Waals surface area contributed by atoms with Crippen molar-refractivity contribution in [2.24, 2.45) is 0 Å². The highest BCUT2D eigenvalue weighted by Crippen LogP contribution is 2.26. The average Bonchev–Trinajstić information content (AvgIpc) is 2.64. The average molecular weight is 421 g/mol. The van der Waals surface area contributed by atoms with Crippen LogP contribution in [0.2, 0.25) is 0 Å². The van der Waals surface area contributed by atoms with Gasteiger partial charge in [0.05, 0.1) is 4.47 Å². The van der Waals surface area contributed by atoms with Gasteiger partial charge in [-0.3, -0.25) is 20.4 Å². The lowest BCUT2D eigenvalue weighted by atomic mass is 10.2. The topological polar surface area (TPSA) is 67.4 Å². The first-order chi connectivity index (χ1) is 12.5. The van der Waals surface area contributed by atoms with E-state index in [1.165, 1.54) is 36.4 Å². The van der Waals surface area contributed by atoms with Crippen LogP contribution in [0.15, 0.2) is 53.0 Å². The standard InChI is InChI=1S/C19H18BrFN2O3/c1-2-13-5-9-17(16(20)11-13)26-12-19(25)23-22-18(24)10-6-14-3-7-15(21)8-4-14/h3-11H,2,12H2,1H3,(H,22,24)(H,23,25). The minimum Gasteiger partial charge on any atom is -0.483 e. The molecular weight excluding hydrogens is 403 g/mol. The van der Waals surface area contributed by atoms with Crippen LogP contribution in [-0.4, -0.2) is 18.4 Å². The van der Waals surface area contributed by atoms with Crippen LogP contribution in [0.5, 0.6) is 5.75 Å². The smallest absolute Gasteiger partial charge is 0.276 e. The third-order valence-corrected chi connectivity index (χ3v) is 4.01. The van der Waals surface area contributed by atoms with Crippen LogP contribution < -0.4 is 15.6 Å². The molecule has 5 nitrogen and oxygen atoms in total. The zero-order valence-corrected chi connectivity index (χ0v) is 15.7. The molecule has 0 radical (unpaired) electrons. The summed E-state index contributed by atoms with van der Waals surface area (Å²) in [5, 5.41) is 0. The maximum atomic E-state index is 12.8. The molecule has 0 aromatic heterocycles. The second kappa shape index (κ2) is 9.72. The minimum atomic E-state index is -0.517. The number of hydrazine groups is 1. The second-order valence-electron chi connectivity index (χ2n) is 5.33. The molecular formula is C19H18BrFN2O3. The van der Waals surface area contributed by atoms with E-state index in [1.807, 2.05) is 19.1 Å². The predicted molar refractivity (Wildman–Crippen MR) is 101 cm³/mol. The Morgan fingerprint density at radius 1 is 1.15 bits per heavy atom. The van der Waals surface area contributed by atoms with Gasteiger partial charge in [0.25, 0.3) is 11.8 Å². The fraction of sp³-hybridized carbons (Fsp3) is 0.158. The van der Waals surface area contributed by atoms with Crippen LogP contribution in [0.3, 0.4) is 0 Å². The van der Waals surface area contributed by atoms with Crippen molar-refractivity contribution in [3.63, 3.8) is 0 Å². The molecule has 0 aliphatic rings. The molecule has 136 valence electrons. The van der Waals surface area contributed by atoms with Crippen LogP contribution in [0, 0.1) is 5.82 Å². The number of amides is 2. The van der Waals surface area contributed by atoms with E-state index < -0.39 is 11.8 Å². The van der Waals surface area contributed by atoms with Crippen LogP contribution >= 0.6 is 15.9 Å². The molecule has 7 heteroatoms. The van der Waals surface area contributed by atoms with Gasteiger partial charge in [-0.15, -0.1) is 0 Å². The molecule has 0 bridgehead atoms. The van der Waals surface area contributed by atoms with Gasteiger partial charge in [-0.2, -0.15) is 0 Å². The van der Waals surface area contributed by atoms with E-state index in [1.54, 1.807) is 6.07 Å². The van der Waals surface area contributed by atoms with E-state index in [9.17, 15) is 14.0 Å². The number of hydrogen-bond acceptors (Lipinski definition) is 3. The Hall–Kier alpha value is -2.67. The zero-order valence-electron chi connectivity index (χ0n) is 14.1. The van der Waals surface area contributed by atoms with Gasteiger partial charge in [-0.1, -0.05) is 25.1 Å². The lowest BCUT2D eigenvalue weighted by Gasteiger charge is -2.10. The number of ether oxygens (including phenoxy) is 1. The lowest BCUT2D eigenvalue weighted by molar-refractivity contribution is -0.128. The summed E-state index contributed by atoms with van der Waals surface area (Å²) >= 11 is 3.39.